The van der Waals surface area contributed by atoms with Crippen LogP contribution in [-0.2, 0) is 4.74 Å². The van der Waals surface area contributed by atoms with Gasteiger partial charge in [0.1, 0.15) is 12.2 Å². The van der Waals surface area contributed by atoms with Crippen LogP contribution in [0.3, 0.4) is 0 Å². The minimum atomic E-state index is -0.664. The van der Waals surface area contributed by atoms with Gasteiger partial charge in [0, 0.05) is 13.1 Å². The molecule has 1 aromatic rings. The van der Waals surface area contributed by atoms with Crippen molar-refractivity contribution in [1.29, 1.82) is 0 Å². The number of morpholine rings is 1. The quantitative estimate of drug-likeness (QED) is 0.884. The fraction of sp³-hybridized carbons (Fsp3) is 0.571. The predicted octanol–water partition coefficient (Wildman–Crippen LogP) is 1.07. The number of ether oxygens (including phenoxy) is 3. The van der Waals surface area contributed by atoms with Crippen LogP contribution in [0.15, 0.2) is 18.2 Å². The first-order valence-electron chi connectivity index (χ1n) is 6.36. The molecule has 0 spiro atoms. The van der Waals surface area contributed by atoms with Gasteiger partial charge in [0.2, 0.25) is 0 Å². The van der Waals surface area contributed by atoms with Gasteiger partial charge in [-0.1, -0.05) is 6.07 Å². The van der Waals surface area contributed by atoms with Crippen LogP contribution in [-0.4, -0.2) is 57.1 Å². The van der Waals surface area contributed by atoms with E-state index in [1.165, 1.54) is 0 Å². The summed E-state index contributed by atoms with van der Waals surface area (Å²) in [5, 5.41) is 10.4. The van der Waals surface area contributed by atoms with Gasteiger partial charge in [0.15, 0.2) is 11.5 Å². The molecule has 1 aliphatic rings. The van der Waals surface area contributed by atoms with Gasteiger partial charge in [-0.2, -0.15) is 0 Å². The van der Waals surface area contributed by atoms with Gasteiger partial charge in [-0.05, 0) is 24.7 Å². The Morgan fingerprint density at radius 1 is 1.32 bits per heavy atom. The zero-order chi connectivity index (χ0) is 13.8. The molecule has 0 aliphatic carbocycles. The molecule has 5 heteroatoms. The maximum Gasteiger partial charge on any atom is 0.161 e. The van der Waals surface area contributed by atoms with Crippen LogP contribution < -0.4 is 9.47 Å². The molecule has 2 rings (SSSR count). The van der Waals surface area contributed by atoms with Crippen molar-refractivity contribution in [2.75, 3.05) is 41.0 Å². The van der Waals surface area contributed by atoms with Crippen molar-refractivity contribution in [2.45, 2.75) is 12.2 Å². The van der Waals surface area contributed by atoms with E-state index in [1.54, 1.807) is 26.4 Å². The number of hydrogen-bond acceptors (Lipinski definition) is 5. The average Bonchev–Trinajstić information content (AvgIpc) is 2.45. The summed E-state index contributed by atoms with van der Waals surface area (Å²) in [4.78, 5) is 2.15. The van der Waals surface area contributed by atoms with E-state index in [9.17, 15) is 5.11 Å². The first kappa shape index (κ1) is 14.1. The van der Waals surface area contributed by atoms with Gasteiger partial charge < -0.3 is 24.2 Å². The maximum atomic E-state index is 10.4. The number of hydrogen-bond donors (Lipinski definition) is 1. The van der Waals surface area contributed by atoms with Gasteiger partial charge >= 0.3 is 0 Å². The number of aliphatic hydroxyl groups excluding tert-OH is 1. The molecule has 1 heterocycles. The normalized spacial score (nSPS) is 22.0. The van der Waals surface area contributed by atoms with Crippen molar-refractivity contribution in [3.8, 4) is 11.5 Å². The summed E-state index contributed by atoms with van der Waals surface area (Å²) in [7, 11) is 5.20. The minimum Gasteiger partial charge on any atom is -0.493 e. The fourth-order valence-corrected chi connectivity index (χ4v) is 2.25. The van der Waals surface area contributed by atoms with Crippen LogP contribution in [0, 0.1) is 0 Å². The lowest BCUT2D eigenvalue weighted by atomic mass is 10.0. The van der Waals surface area contributed by atoms with Crippen LogP contribution in [0.25, 0.3) is 0 Å². The largest absolute Gasteiger partial charge is 0.493 e. The second-order valence-electron chi connectivity index (χ2n) is 4.73. The summed E-state index contributed by atoms with van der Waals surface area (Å²) in [5.74, 6) is 1.27. The van der Waals surface area contributed by atoms with Gasteiger partial charge in [-0.15, -0.1) is 0 Å². The van der Waals surface area contributed by atoms with Crippen LogP contribution in [0.4, 0.5) is 0 Å². The van der Waals surface area contributed by atoms with Crippen molar-refractivity contribution in [1.82, 2.24) is 4.90 Å². The van der Waals surface area contributed by atoms with Crippen LogP contribution in [0.2, 0.25) is 0 Å². The fourth-order valence-electron chi connectivity index (χ4n) is 2.25. The Kier molecular flexibility index (Phi) is 4.63. The third-order valence-corrected chi connectivity index (χ3v) is 3.40. The van der Waals surface area contributed by atoms with E-state index in [-0.39, 0.29) is 6.10 Å². The number of rotatable bonds is 4. The van der Waals surface area contributed by atoms with E-state index in [1.807, 2.05) is 13.1 Å². The first-order valence-corrected chi connectivity index (χ1v) is 6.36. The third-order valence-electron chi connectivity index (χ3n) is 3.40. The Bertz CT molecular complexity index is 424. The molecule has 1 N–H and O–H groups in total. The molecule has 106 valence electrons. The molecular formula is C14H21NO4. The minimum absolute atomic E-state index is 0.211. The second-order valence-corrected chi connectivity index (χ2v) is 4.73. The number of nitrogens with zero attached hydrogens (tertiary/aromatic N) is 1. The predicted molar refractivity (Wildman–Crippen MR) is 71.7 cm³/mol. The molecule has 2 atom stereocenters. The lowest BCUT2D eigenvalue weighted by Crippen LogP contribution is -2.42. The zero-order valence-electron chi connectivity index (χ0n) is 11.6. The topological polar surface area (TPSA) is 51.2 Å². The Morgan fingerprint density at radius 2 is 2.05 bits per heavy atom. The van der Waals surface area contributed by atoms with Crippen molar-refractivity contribution >= 4 is 0 Å². The Balaban J connectivity index is 2.16. The molecule has 0 saturated carbocycles. The van der Waals surface area contributed by atoms with E-state index in [2.05, 4.69) is 4.90 Å². The molecule has 0 aromatic heterocycles. The van der Waals surface area contributed by atoms with Crippen LogP contribution in [0.5, 0.6) is 11.5 Å². The average molecular weight is 267 g/mol. The summed E-state index contributed by atoms with van der Waals surface area (Å²) < 4.78 is 16.1. The van der Waals surface area contributed by atoms with Gasteiger partial charge in [-0.3, -0.25) is 0 Å². The molecule has 19 heavy (non-hydrogen) atoms. The molecule has 0 radical (unpaired) electrons. The third kappa shape index (κ3) is 3.18. The zero-order valence-corrected chi connectivity index (χ0v) is 11.6. The smallest absolute Gasteiger partial charge is 0.161 e. The molecule has 1 aromatic carbocycles. The van der Waals surface area contributed by atoms with Gasteiger partial charge in [0.05, 0.1) is 20.8 Å². The van der Waals surface area contributed by atoms with E-state index < -0.39 is 6.10 Å². The maximum absolute atomic E-state index is 10.4. The second kappa shape index (κ2) is 6.23. The van der Waals surface area contributed by atoms with Crippen molar-refractivity contribution in [2.24, 2.45) is 0 Å². The number of likely N-dealkylation sites (N-methyl/N-ethyl adjacent to an activating group) is 1. The lowest BCUT2D eigenvalue weighted by Gasteiger charge is -2.33. The highest BCUT2D eigenvalue weighted by molar-refractivity contribution is 5.43. The summed E-state index contributed by atoms with van der Waals surface area (Å²) in [5.41, 5.74) is 0.776. The Morgan fingerprint density at radius 3 is 2.68 bits per heavy atom. The SMILES string of the molecule is COc1ccc(C(O)C2CN(C)CCO2)cc1OC. The highest BCUT2D eigenvalue weighted by Crippen LogP contribution is 2.31. The van der Waals surface area contributed by atoms with Gasteiger partial charge in [-0.25, -0.2) is 0 Å². The monoisotopic (exact) mass is 267 g/mol. The number of aliphatic hydroxyl groups is 1. The Hall–Kier alpha value is -1.30. The summed E-state index contributed by atoms with van der Waals surface area (Å²) in [6.07, 6.45) is -0.876. The summed E-state index contributed by atoms with van der Waals surface area (Å²) >= 11 is 0. The van der Waals surface area contributed by atoms with Crippen molar-refractivity contribution in [3.05, 3.63) is 23.8 Å². The highest BCUT2D eigenvalue weighted by atomic mass is 16.5. The summed E-state index contributed by atoms with van der Waals surface area (Å²) in [6, 6.07) is 5.43. The standard InChI is InChI=1S/C14H21NO4/c1-15-6-7-19-13(9-15)14(16)10-4-5-11(17-2)12(8-10)18-3/h4-5,8,13-14,16H,6-7,9H2,1-3H3. The summed E-state index contributed by atoms with van der Waals surface area (Å²) in [6.45, 7) is 2.26. The number of benzene rings is 1. The van der Waals surface area contributed by atoms with E-state index in [0.29, 0.717) is 18.1 Å². The number of methoxy groups -OCH3 is 2. The molecule has 2 unspecified atom stereocenters. The van der Waals surface area contributed by atoms with Crippen molar-refractivity contribution < 1.29 is 19.3 Å². The van der Waals surface area contributed by atoms with Crippen LogP contribution >= 0.6 is 0 Å². The Labute approximate surface area is 113 Å². The molecule has 1 aliphatic heterocycles. The lowest BCUT2D eigenvalue weighted by molar-refractivity contribution is -0.0845. The molecule has 1 fully saturated rings. The molecule has 5 nitrogen and oxygen atoms in total. The van der Waals surface area contributed by atoms with E-state index >= 15 is 0 Å². The van der Waals surface area contributed by atoms with Crippen molar-refractivity contribution in [3.63, 3.8) is 0 Å². The van der Waals surface area contributed by atoms with E-state index in [0.717, 1.165) is 18.7 Å². The van der Waals surface area contributed by atoms with Crippen LogP contribution in [0.1, 0.15) is 11.7 Å². The molecular weight excluding hydrogens is 246 g/mol. The van der Waals surface area contributed by atoms with Gasteiger partial charge in [0.25, 0.3) is 0 Å². The van der Waals surface area contributed by atoms with E-state index in [4.69, 9.17) is 14.2 Å². The molecule has 0 amide bonds. The molecule has 0 bridgehead atoms. The first-order chi connectivity index (χ1) is 9.15. The molecule has 1 saturated heterocycles. The highest BCUT2D eigenvalue weighted by Gasteiger charge is 2.27.